The topological polar surface area (TPSA) is 90.4 Å². The van der Waals surface area contributed by atoms with Crippen LogP contribution in [0.2, 0.25) is 0 Å². The van der Waals surface area contributed by atoms with Crippen LogP contribution in [-0.2, 0) is 29.7 Å². The first-order valence-electron chi connectivity index (χ1n) is 15.3. The number of carbonyl (C=O) groups excluding carboxylic acids is 1. The lowest BCUT2D eigenvalue weighted by molar-refractivity contribution is -0.152. The summed E-state index contributed by atoms with van der Waals surface area (Å²) in [5.74, 6) is 0.820. The van der Waals surface area contributed by atoms with Gasteiger partial charge in [0.2, 0.25) is 5.88 Å². The molecule has 4 aliphatic rings. The van der Waals surface area contributed by atoms with Crippen LogP contribution in [0.15, 0.2) is 30.3 Å². The van der Waals surface area contributed by atoms with E-state index in [-0.39, 0.29) is 16.8 Å². The van der Waals surface area contributed by atoms with Crippen molar-refractivity contribution in [2.45, 2.75) is 69.1 Å². The largest absolute Gasteiger partial charge is 0.478 e. The molecule has 0 N–H and O–H groups in total. The third-order valence-corrected chi connectivity index (χ3v) is 12.4. The second-order valence-corrected chi connectivity index (χ2v) is 15.2. The predicted molar refractivity (Wildman–Crippen MR) is 161 cm³/mol. The Kier molecular flexibility index (Phi) is 8.22. The first-order valence-corrected chi connectivity index (χ1v) is 17.0. The third kappa shape index (κ3) is 5.89. The average Bonchev–Trinajstić information content (AvgIpc) is 3.92. The zero-order chi connectivity index (χ0) is 30.5. The fourth-order valence-corrected chi connectivity index (χ4v) is 8.99. The molecule has 9 nitrogen and oxygen atoms in total. The zero-order valence-electron chi connectivity index (χ0n) is 25.6. The Balaban J connectivity index is 1.14. The van der Waals surface area contributed by atoms with Crippen LogP contribution in [0, 0.1) is 11.2 Å². The van der Waals surface area contributed by atoms with Gasteiger partial charge in [0, 0.05) is 75.3 Å². The Morgan fingerprint density at radius 3 is 2.40 bits per heavy atom. The van der Waals surface area contributed by atoms with Crippen molar-refractivity contribution >= 4 is 14.1 Å². The van der Waals surface area contributed by atoms with Gasteiger partial charge in [-0.25, -0.2) is 9.37 Å². The second kappa shape index (κ2) is 11.5. The van der Waals surface area contributed by atoms with Crippen molar-refractivity contribution in [3.8, 4) is 17.1 Å². The van der Waals surface area contributed by atoms with E-state index in [9.17, 15) is 13.8 Å². The van der Waals surface area contributed by atoms with Crippen LogP contribution in [0.1, 0.15) is 62.5 Å². The van der Waals surface area contributed by atoms with Crippen LogP contribution in [0.3, 0.4) is 0 Å². The first kappa shape index (κ1) is 30.7. The highest BCUT2D eigenvalue weighted by Crippen LogP contribution is 2.84. The van der Waals surface area contributed by atoms with Gasteiger partial charge in [-0.3, -0.25) is 19.2 Å². The fourth-order valence-electron chi connectivity index (χ4n) is 7.32. The summed E-state index contributed by atoms with van der Waals surface area (Å²) in [6, 6.07) is 8.76. The highest BCUT2D eigenvalue weighted by molar-refractivity contribution is 7.53. The molecule has 2 aromatic rings. The summed E-state index contributed by atoms with van der Waals surface area (Å²) in [5.41, 5.74) is 3.40. The van der Waals surface area contributed by atoms with Crippen molar-refractivity contribution in [3.63, 3.8) is 0 Å². The zero-order valence-corrected chi connectivity index (χ0v) is 26.5. The number of hydrogen-bond acceptors (Lipinski definition) is 9. The van der Waals surface area contributed by atoms with E-state index in [0.29, 0.717) is 57.0 Å². The number of hydrogen-bond donors (Lipinski definition) is 0. The highest BCUT2D eigenvalue weighted by atomic mass is 31.2. The van der Waals surface area contributed by atoms with E-state index >= 15 is 0 Å². The number of ether oxygens (including phenoxy) is 2. The Morgan fingerprint density at radius 1 is 1.14 bits per heavy atom. The Bertz CT molecular complexity index is 1380. The third-order valence-electron chi connectivity index (χ3n) is 10.3. The standard InChI is InChI=1S/C32H43FN3O6P/c1-5-41-29-25(16-27(23-6-7-23)28(34-29)24-8-10-26(33)11-9-24)17-36-14-12-31(13-15-36,42-22-37)20-35(2)32-18-30(32,19-32)21-43(38,39-3)40-4/h8-11,16,22-23H,5-7,12-15,17-21H2,1-4H3. The van der Waals surface area contributed by atoms with Crippen molar-refractivity contribution in [1.29, 1.82) is 0 Å². The number of piperidine rings is 1. The number of nitrogens with zero attached hydrogens (tertiary/aromatic N) is 3. The summed E-state index contributed by atoms with van der Waals surface area (Å²) in [4.78, 5) is 21.3. The normalized spacial score (nSPS) is 26.2. The number of likely N-dealkylation sites (tertiary alicyclic amines) is 1. The van der Waals surface area contributed by atoms with Gasteiger partial charge in [-0.05, 0) is 81.5 Å². The summed E-state index contributed by atoms with van der Waals surface area (Å²) < 4.78 is 48.7. The van der Waals surface area contributed by atoms with E-state index in [1.165, 1.54) is 31.9 Å². The molecule has 0 atom stereocenters. The van der Waals surface area contributed by atoms with Gasteiger partial charge in [0.25, 0.3) is 6.47 Å². The van der Waals surface area contributed by atoms with E-state index in [1.807, 2.05) is 6.92 Å². The maximum absolute atomic E-state index is 13.6. The molecule has 2 heterocycles. The van der Waals surface area contributed by atoms with Crippen molar-refractivity contribution in [2.24, 2.45) is 5.41 Å². The Morgan fingerprint density at radius 2 is 1.81 bits per heavy atom. The molecular formula is C32H43FN3O6P. The first-order chi connectivity index (χ1) is 20.6. The van der Waals surface area contributed by atoms with Crippen molar-refractivity contribution in [1.82, 2.24) is 14.8 Å². The molecule has 6 rings (SSSR count). The predicted octanol–water partition coefficient (Wildman–Crippen LogP) is 5.62. The quantitative estimate of drug-likeness (QED) is 0.187. The lowest BCUT2D eigenvalue weighted by atomic mass is 9.89. The average molecular weight is 616 g/mol. The van der Waals surface area contributed by atoms with Crippen molar-refractivity contribution < 1.29 is 32.3 Å². The number of carbonyl (C=O) groups is 1. The Hall–Kier alpha value is -2.36. The number of likely N-dealkylation sites (N-methyl/N-ethyl adjacent to an activating group) is 1. The molecule has 0 radical (unpaired) electrons. The van der Waals surface area contributed by atoms with Gasteiger partial charge in [0.15, 0.2) is 0 Å². The summed E-state index contributed by atoms with van der Waals surface area (Å²) in [6.45, 7) is 5.91. The van der Waals surface area contributed by atoms with Crippen molar-refractivity contribution in [2.75, 3.05) is 53.7 Å². The summed E-state index contributed by atoms with van der Waals surface area (Å²) in [5, 5.41) is 0. The minimum absolute atomic E-state index is 0.0142. The van der Waals surface area contributed by atoms with E-state index in [1.54, 1.807) is 12.1 Å². The molecule has 0 spiro atoms. The van der Waals surface area contributed by atoms with Crippen LogP contribution >= 0.6 is 7.60 Å². The number of pyridine rings is 1. The maximum Gasteiger partial charge on any atom is 0.330 e. The van der Waals surface area contributed by atoms with E-state index in [4.69, 9.17) is 23.5 Å². The van der Waals surface area contributed by atoms with Crippen LogP contribution in [0.5, 0.6) is 5.88 Å². The second-order valence-electron chi connectivity index (χ2n) is 12.9. The number of benzene rings is 1. The molecule has 0 amide bonds. The van der Waals surface area contributed by atoms with Gasteiger partial charge < -0.3 is 18.5 Å². The lowest BCUT2D eigenvalue weighted by Crippen LogP contribution is -2.52. The molecule has 11 heteroatoms. The SMILES string of the molecule is CCOc1nc(-c2ccc(F)cc2)c(C2CC2)cc1CN1CCC(CN(C)C23CC2(CP(=O)(OC)OC)C3)(OC=O)CC1. The fraction of sp³-hybridized carbons (Fsp3) is 0.625. The number of rotatable bonds is 15. The van der Waals surface area contributed by atoms with Gasteiger partial charge >= 0.3 is 7.60 Å². The van der Waals surface area contributed by atoms with Crippen LogP contribution in [-0.4, -0.2) is 86.1 Å². The minimum Gasteiger partial charge on any atom is -0.478 e. The van der Waals surface area contributed by atoms with Crippen LogP contribution in [0.25, 0.3) is 11.3 Å². The molecule has 0 bridgehead atoms. The van der Waals surface area contributed by atoms with Crippen LogP contribution < -0.4 is 4.74 Å². The van der Waals surface area contributed by atoms with Crippen LogP contribution in [0.4, 0.5) is 4.39 Å². The maximum atomic E-state index is 13.6. The highest BCUT2D eigenvalue weighted by Gasteiger charge is 2.86. The smallest absolute Gasteiger partial charge is 0.330 e. The molecule has 43 heavy (non-hydrogen) atoms. The van der Waals surface area contributed by atoms with E-state index in [2.05, 4.69) is 22.9 Å². The van der Waals surface area contributed by atoms with Gasteiger partial charge in [-0.15, -0.1) is 0 Å². The molecule has 3 saturated carbocycles. The summed E-state index contributed by atoms with van der Waals surface area (Å²) >= 11 is 0. The molecule has 3 aliphatic carbocycles. The lowest BCUT2D eigenvalue weighted by Gasteiger charge is -2.43. The summed E-state index contributed by atoms with van der Waals surface area (Å²) in [6.07, 6.45) is 6.03. The number of aromatic nitrogens is 1. The minimum atomic E-state index is -3.08. The molecule has 1 aromatic carbocycles. The van der Waals surface area contributed by atoms with Gasteiger partial charge in [-0.1, -0.05) is 0 Å². The van der Waals surface area contributed by atoms with Gasteiger partial charge in [-0.2, -0.15) is 0 Å². The number of halogens is 1. The van der Waals surface area contributed by atoms with E-state index in [0.717, 1.165) is 55.6 Å². The van der Waals surface area contributed by atoms with E-state index < -0.39 is 13.2 Å². The molecule has 1 aromatic heterocycles. The Labute approximate surface area is 253 Å². The molecule has 0 unspecified atom stereocenters. The van der Waals surface area contributed by atoms with Crippen molar-refractivity contribution in [3.05, 3.63) is 47.3 Å². The number of fused-ring (bicyclic) bond motifs is 1. The molecule has 4 fully saturated rings. The van der Waals surface area contributed by atoms with Gasteiger partial charge in [0.1, 0.15) is 11.4 Å². The monoisotopic (exact) mass is 615 g/mol. The summed E-state index contributed by atoms with van der Waals surface area (Å²) in [7, 11) is 1.89. The molecular weight excluding hydrogens is 572 g/mol. The molecule has 1 saturated heterocycles. The molecule has 234 valence electrons. The molecule has 1 aliphatic heterocycles. The van der Waals surface area contributed by atoms with Gasteiger partial charge in [0.05, 0.1) is 18.5 Å².